The molecule has 1 nitrogen and oxygen atoms in total. The Morgan fingerprint density at radius 3 is 2.32 bits per heavy atom. The highest BCUT2D eigenvalue weighted by atomic mass is 14.8. The topological polar surface area (TPSA) is 12.0 Å². The van der Waals surface area contributed by atoms with E-state index in [9.17, 15) is 0 Å². The van der Waals surface area contributed by atoms with Crippen molar-refractivity contribution >= 4 is 0 Å². The molecule has 0 spiro atoms. The van der Waals surface area contributed by atoms with Gasteiger partial charge in [-0.15, -0.1) is 0 Å². The van der Waals surface area contributed by atoms with Gasteiger partial charge in [0, 0.05) is 6.54 Å². The van der Waals surface area contributed by atoms with Crippen LogP contribution in [0.3, 0.4) is 0 Å². The first-order chi connectivity index (χ1) is 9.31. The second-order valence-electron chi connectivity index (χ2n) is 6.78. The third-order valence-electron chi connectivity index (χ3n) is 5.14. The lowest BCUT2D eigenvalue weighted by molar-refractivity contribution is 0.443. The zero-order chi connectivity index (χ0) is 13.1. The van der Waals surface area contributed by atoms with Crippen LogP contribution in [0.2, 0.25) is 0 Å². The predicted octanol–water partition coefficient (Wildman–Crippen LogP) is 4.28. The van der Waals surface area contributed by atoms with E-state index in [4.69, 9.17) is 0 Å². The van der Waals surface area contributed by atoms with Gasteiger partial charge in [0.1, 0.15) is 0 Å². The first kappa shape index (κ1) is 13.2. The van der Waals surface area contributed by atoms with Crippen LogP contribution in [0.15, 0.2) is 24.3 Å². The van der Waals surface area contributed by atoms with E-state index in [1.807, 2.05) is 0 Å². The van der Waals surface area contributed by atoms with E-state index in [2.05, 4.69) is 36.6 Å². The molecule has 104 valence electrons. The summed E-state index contributed by atoms with van der Waals surface area (Å²) in [5, 5.41) is 3.35. The Morgan fingerprint density at radius 1 is 1.05 bits per heavy atom. The molecule has 0 unspecified atom stereocenters. The van der Waals surface area contributed by atoms with Crippen LogP contribution in [-0.2, 0) is 6.42 Å². The lowest BCUT2D eigenvalue weighted by Gasteiger charge is -2.22. The molecule has 0 aliphatic heterocycles. The molecular weight excluding hydrogens is 230 g/mol. The lowest BCUT2D eigenvalue weighted by Crippen LogP contribution is -2.21. The molecule has 0 saturated heterocycles. The normalized spacial score (nSPS) is 22.4. The molecule has 1 heteroatoms. The molecule has 2 aliphatic carbocycles. The van der Waals surface area contributed by atoms with E-state index in [-0.39, 0.29) is 0 Å². The summed E-state index contributed by atoms with van der Waals surface area (Å²) in [6.45, 7) is 1.18. The summed E-state index contributed by atoms with van der Waals surface area (Å²) < 4.78 is 0. The lowest BCUT2D eigenvalue weighted by atomic mass is 9.83. The van der Waals surface area contributed by atoms with Gasteiger partial charge >= 0.3 is 0 Å². The Morgan fingerprint density at radius 2 is 1.74 bits per heavy atom. The van der Waals surface area contributed by atoms with E-state index < -0.39 is 0 Å². The second-order valence-corrected chi connectivity index (χ2v) is 6.78. The number of hydrogen-bond donors (Lipinski definition) is 1. The number of hydrogen-bond acceptors (Lipinski definition) is 1. The fraction of sp³-hybridized carbons (Fsp3) is 0.667. The highest BCUT2D eigenvalue weighted by molar-refractivity contribution is 5.27. The van der Waals surface area contributed by atoms with Crippen molar-refractivity contribution in [3.8, 4) is 0 Å². The van der Waals surface area contributed by atoms with Gasteiger partial charge in [0.05, 0.1) is 0 Å². The SMILES string of the molecule is CNCC1(Cc2ccc(C3CCCCC3)cc2)CC1. The molecule has 1 aromatic rings. The molecule has 1 N–H and O–H groups in total. The fourth-order valence-electron chi connectivity index (χ4n) is 3.74. The van der Waals surface area contributed by atoms with Crippen molar-refractivity contribution in [2.24, 2.45) is 5.41 Å². The molecule has 0 heterocycles. The Hall–Kier alpha value is -0.820. The third kappa shape index (κ3) is 3.20. The highest BCUT2D eigenvalue weighted by Gasteiger charge is 2.41. The summed E-state index contributed by atoms with van der Waals surface area (Å²) in [7, 11) is 2.08. The summed E-state index contributed by atoms with van der Waals surface area (Å²) in [5.41, 5.74) is 3.70. The minimum atomic E-state index is 0.584. The van der Waals surface area contributed by atoms with Crippen molar-refractivity contribution < 1.29 is 0 Å². The summed E-state index contributed by atoms with van der Waals surface area (Å²) in [4.78, 5) is 0. The first-order valence-electron chi connectivity index (χ1n) is 8.05. The molecule has 2 aliphatic rings. The van der Waals surface area contributed by atoms with Crippen LogP contribution < -0.4 is 5.32 Å². The van der Waals surface area contributed by atoms with Gasteiger partial charge in [-0.2, -0.15) is 0 Å². The van der Waals surface area contributed by atoms with Crippen molar-refractivity contribution in [3.05, 3.63) is 35.4 Å². The molecule has 0 atom stereocenters. The van der Waals surface area contributed by atoms with Gasteiger partial charge in [-0.25, -0.2) is 0 Å². The molecule has 3 rings (SSSR count). The Kier molecular flexibility index (Phi) is 3.93. The Bertz CT molecular complexity index is 396. The average molecular weight is 257 g/mol. The average Bonchev–Trinajstić information content (AvgIpc) is 3.20. The number of benzene rings is 1. The molecule has 0 aromatic heterocycles. The van der Waals surface area contributed by atoms with Gasteiger partial charge in [-0.3, -0.25) is 0 Å². The van der Waals surface area contributed by atoms with Gasteiger partial charge in [0.15, 0.2) is 0 Å². The summed E-state index contributed by atoms with van der Waals surface area (Å²) >= 11 is 0. The standard InChI is InChI=1S/C18H27N/c1-19-14-18(11-12-18)13-15-7-9-17(10-8-15)16-5-3-2-4-6-16/h7-10,16,19H,2-6,11-14H2,1H3. The summed E-state index contributed by atoms with van der Waals surface area (Å²) in [6, 6.07) is 9.58. The highest BCUT2D eigenvalue weighted by Crippen LogP contribution is 2.47. The van der Waals surface area contributed by atoms with Gasteiger partial charge in [-0.05, 0) is 61.6 Å². The predicted molar refractivity (Wildman–Crippen MR) is 81.6 cm³/mol. The van der Waals surface area contributed by atoms with E-state index in [1.54, 1.807) is 5.56 Å². The van der Waals surface area contributed by atoms with Crippen LogP contribution in [0.1, 0.15) is 62.0 Å². The van der Waals surface area contributed by atoms with Crippen LogP contribution in [0.25, 0.3) is 0 Å². The summed E-state index contributed by atoms with van der Waals surface area (Å²) in [5.74, 6) is 0.843. The zero-order valence-electron chi connectivity index (χ0n) is 12.3. The molecule has 0 bridgehead atoms. The third-order valence-corrected chi connectivity index (χ3v) is 5.14. The van der Waals surface area contributed by atoms with Crippen molar-refractivity contribution in [3.63, 3.8) is 0 Å². The maximum Gasteiger partial charge on any atom is 0.000800 e. The quantitative estimate of drug-likeness (QED) is 0.830. The van der Waals surface area contributed by atoms with Crippen molar-refractivity contribution in [1.29, 1.82) is 0 Å². The largest absolute Gasteiger partial charge is 0.319 e. The molecule has 2 fully saturated rings. The van der Waals surface area contributed by atoms with Gasteiger partial charge in [0.2, 0.25) is 0 Å². The maximum atomic E-state index is 3.35. The molecular formula is C18H27N. The number of nitrogens with one attached hydrogen (secondary N) is 1. The van der Waals surface area contributed by atoms with E-state index >= 15 is 0 Å². The number of rotatable bonds is 5. The Balaban J connectivity index is 1.62. The van der Waals surface area contributed by atoms with Crippen molar-refractivity contribution in [1.82, 2.24) is 5.32 Å². The molecule has 0 amide bonds. The Labute approximate surface area is 117 Å². The van der Waals surface area contributed by atoms with Crippen LogP contribution in [-0.4, -0.2) is 13.6 Å². The van der Waals surface area contributed by atoms with Crippen molar-refractivity contribution in [2.45, 2.75) is 57.3 Å². The van der Waals surface area contributed by atoms with E-state index in [0.29, 0.717) is 5.41 Å². The van der Waals surface area contributed by atoms with Crippen LogP contribution in [0.4, 0.5) is 0 Å². The van der Waals surface area contributed by atoms with E-state index in [1.165, 1.54) is 63.5 Å². The second kappa shape index (κ2) is 5.66. The summed E-state index contributed by atoms with van der Waals surface area (Å²) in [6.07, 6.45) is 11.2. The van der Waals surface area contributed by atoms with Gasteiger partial charge < -0.3 is 5.32 Å². The fourth-order valence-corrected chi connectivity index (χ4v) is 3.74. The smallest absolute Gasteiger partial charge is 0.000800 e. The van der Waals surface area contributed by atoms with Crippen LogP contribution in [0, 0.1) is 5.41 Å². The van der Waals surface area contributed by atoms with Crippen LogP contribution >= 0.6 is 0 Å². The first-order valence-corrected chi connectivity index (χ1v) is 8.05. The molecule has 19 heavy (non-hydrogen) atoms. The van der Waals surface area contributed by atoms with Gasteiger partial charge in [-0.1, -0.05) is 43.5 Å². The van der Waals surface area contributed by atoms with Gasteiger partial charge in [0.25, 0.3) is 0 Å². The maximum absolute atomic E-state index is 3.35. The molecule has 2 saturated carbocycles. The minimum Gasteiger partial charge on any atom is -0.319 e. The van der Waals surface area contributed by atoms with Crippen molar-refractivity contribution in [2.75, 3.05) is 13.6 Å². The minimum absolute atomic E-state index is 0.584. The molecule has 1 aromatic carbocycles. The molecule has 0 radical (unpaired) electrons. The zero-order valence-corrected chi connectivity index (χ0v) is 12.3. The van der Waals surface area contributed by atoms with E-state index in [0.717, 1.165) is 5.92 Å². The van der Waals surface area contributed by atoms with Crippen LogP contribution in [0.5, 0.6) is 0 Å². The monoisotopic (exact) mass is 257 g/mol.